The number of carbonyl (C=O) groups is 1. The summed E-state index contributed by atoms with van der Waals surface area (Å²) in [5.41, 5.74) is 3.57. The van der Waals surface area contributed by atoms with Crippen molar-refractivity contribution in [3.05, 3.63) is 33.3 Å². The summed E-state index contributed by atoms with van der Waals surface area (Å²) in [5.74, 6) is 0.209. The number of hydrogen-bond donors (Lipinski definition) is 0. The van der Waals surface area contributed by atoms with Crippen LogP contribution in [-0.4, -0.2) is 5.78 Å². The molecule has 0 unspecified atom stereocenters. The maximum atomic E-state index is 11.0. The van der Waals surface area contributed by atoms with Crippen molar-refractivity contribution >= 4 is 21.7 Å². The zero-order valence-electron chi connectivity index (χ0n) is 8.15. The second-order valence-electron chi connectivity index (χ2n) is 3.39. The Kier molecular flexibility index (Phi) is 3.26. The van der Waals surface area contributed by atoms with Gasteiger partial charge in [0, 0.05) is 10.9 Å². The summed E-state index contributed by atoms with van der Waals surface area (Å²) < 4.78 is 1.05. The molecule has 0 N–H and O–H groups in total. The van der Waals surface area contributed by atoms with E-state index < -0.39 is 0 Å². The van der Waals surface area contributed by atoms with Crippen LogP contribution in [0.2, 0.25) is 0 Å². The standard InChI is InChI=1S/C11H13BrO/c1-7-4-11(12)6-10(9(7)3)5-8(2)13/h4,6H,5H2,1-3H3. The summed E-state index contributed by atoms with van der Waals surface area (Å²) in [7, 11) is 0. The summed E-state index contributed by atoms with van der Waals surface area (Å²) >= 11 is 3.43. The van der Waals surface area contributed by atoms with E-state index in [0.717, 1.165) is 10.0 Å². The average Bonchev–Trinajstić information content (AvgIpc) is 1.98. The van der Waals surface area contributed by atoms with E-state index in [1.54, 1.807) is 6.92 Å². The van der Waals surface area contributed by atoms with Crippen LogP contribution < -0.4 is 0 Å². The van der Waals surface area contributed by atoms with Gasteiger partial charge in [0.2, 0.25) is 0 Å². The molecule has 0 radical (unpaired) electrons. The molecule has 0 saturated heterocycles. The largest absolute Gasteiger partial charge is 0.300 e. The molecule has 0 spiro atoms. The van der Waals surface area contributed by atoms with Crippen LogP contribution >= 0.6 is 15.9 Å². The maximum absolute atomic E-state index is 11.0. The Hall–Kier alpha value is -0.630. The molecule has 0 saturated carbocycles. The molecule has 0 amide bonds. The number of rotatable bonds is 2. The van der Waals surface area contributed by atoms with E-state index in [4.69, 9.17) is 0 Å². The molecule has 2 heteroatoms. The Morgan fingerprint density at radius 3 is 2.54 bits per heavy atom. The van der Waals surface area contributed by atoms with Gasteiger partial charge >= 0.3 is 0 Å². The molecular formula is C11H13BrO. The first-order valence-electron chi connectivity index (χ1n) is 4.25. The summed E-state index contributed by atoms with van der Waals surface area (Å²) in [6.07, 6.45) is 0.534. The predicted molar refractivity (Wildman–Crippen MR) is 58.0 cm³/mol. The number of ketones is 1. The van der Waals surface area contributed by atoms with Gasteiger partial charge in [0.05, 0.1) is 0 Å². The fourth-order valence-corrected chi connectivity index (χ4v) is 1.96. The monoisotopic (exact) mass is 240 g/mol. The molecule has 0 heterocycles. The number of aryl methyl sites for hydroxylation is 1. The minimum absolute atomic E-state index is 0.209. The van der Waals surface area contributed by atoms with Gasteiger partial charge in [-0.25, -0.2) is 0 Å². The van der Waals surface area contributed by atoms with Gasteiger partial charge < -0.3 is 0 Å². The number of halogens is 1. The fourth-order valence-electron chi connectivity index (χ4n) is 1.34. The van der Waals surface area contributed by atoms with Crippen LogP contribution in [0.3, 0.4) is 0 Å². The molecule has 1 rings (SSSR count). The first kappa shape index (κ1) is 10.5. The predicted octanol–water partition coefficient (Wildman–Crippen LogP) is 3.20. The van der Waals surface area contributed by atoms with E-state index in [9.17, 15) is 4.79 Å². The van der Waals surface area contributed by atoms with Crippen molar-refractivity contribution in [1.82, 2.24) is 0 Å². The summed E-state index contributed by atoms with van der Waals surface area (Å²) in [6.45, 7) is 5.74. The number of carbonyl (C=O) groups excluding carboxylic acids is 1. The quantitative estimate of drug-likeness (QED) is 0.777. The molecule has 13 heavy (non-hydrogen) atoms. The SMILES string of the molecule is CC(=O)Cc1cc(Br)cc(C)c1C. The fraction of sp³-hybridized carbons (Fsp3) is 0.364. The van der Waals surface area contributed by atoms with Gasteiger partial charge in [0.1, 0.15) is 5.78 Å². The third kappa shape index (κ3) is 2.66. The van der Waals surface area contributed by atoms with E-state index in [0.29, 0.717) is 6.42 Å². The van der Waals surface area contributed by atoms with E-state index in [-0.39, 0.29) is 5.78 Å². The first-order chi connectivity index (χ1) is 6.00. The second kappa shape index (κ2) is 4.05. The van der Waals surface area contributed by atoms with E-state index >= 15 is 0 Å². The van der Waals surface area contributed by atoms with Crippen molar-refractivity contribution in [3.63, 3.8) is 0 Å². The second-order valence-corrected chi connectivity index (χ2v) is 4.30. The Bertz CT molecular complexity index is 342. The molecule has 1 nitrogen and oxygen atoms in total. The van der Waals surface area contributed by atoms with Crippen LogP contribution in [0.4, 0.5) is 0 Å². The Balaban J connectivity index is 3.12. The zero-order valence-corrected chi connectivity index (χ0v) is 9.73. The lowest BCUT2D eigenvalue weighted by atomic mass is 10.00. The van der Waals surface area contributed by atoms with Crippen molar-refractivity contribution in [2.24, 2.45) is 0 Å². The van der Waals surface area contributed by atoms with Gasteiger partial charge in [0.15, 0.2) is 0 Å². The smallest absolute Gasteiger partial charge is 0.134 e. The molecule has 0 aromatic heterocycles. The lowest BCUT2D eigenvalue weighted by Crippen LogP contribution is -2.00. The van der Waals surface area contributed by atoms with Crippen molar-refractivity contribution in [2.75, 3.05) is 0 Å². The van der Waals surface area contributed by atoms with Gasteiger partial charge in [-0.05, 0) is 49.6 Å². The van der Waals surface area contributed by atoms with Crippen molar-refractivity contribution in [1.29, 1.82) is 0 Å². The van der Waals surface area contributed by atoms with Crippen LogP contribution in [0.1, 0.15) is 23.6 Å². The molecule has 0 bridgehead atoms. The summed E-state index contributed by atoms with van der Waals surface area (Å²) in [4.78, 5) is 11.0. The topological polar surface area (TPSA) is 17.1 Å². The maximum Gasteiger partial charge on any atom is 0.134 e. The molecule has 0 aliphatic heterocycles. The zero-order chi connectivity index (χ0) is 10.0. The van der Waals surface area contributed by atoms with E-state index in [1.807, 2.05) is 6.07 Å². The average molecular weight is 241 g/mol. The molecule has 1 aromatic rings. The lowest BCUT2D eigenvalue weighted by Gasteiger charge is -2.07. The van der Waals surface area contributed by atoms with Gasteiger partial charge in [-0.15, -0.1) is 0 Å². The normalized spacial score (nSPS) is 10.2. The molecule has 1 aromatic carbocycles. The highest BCUT2D eigenvalue weighted by molar-refractivity contribution is 9.10. The third-order valence-corrected chi connectivity index (χ3v) is 2.64. The summed E-state index contributed by atoms with van der Waals surface area (Å²) in [5, 5.41) is 0. The highest BCUT2D eigenvalue weighted by Gasteiger charge is 2.05. The first-order valence-corrected chi connectivity index (χ1v) is 5.05. The molecule has 0 aliphatic rings. The van der Waals surface area contributed by atoms with Crippen LogP contribution in [-0.2, 0) is 11.2 Å². The van der Waals surface area contributed by atoms with Crippen LogP contribution in [0.25, 0.3) is 0 Å². The van der Waals surface area contributed by atoms with Gasteiger partial charge in [-0.2, -0.15) is 0 Å². The Morgan fingerprint density at radius 1 is 1.38 bits per heavy atom. The van der Waals surface area contributed by atoms with Gasteiger partial charge in [0.25, 0.3) is 0 Å². The van der Waals surface area contributed by atoms with Gasteiger partial charge in [-0.3, -0.25) is 4.79 Å². The van der Waals surface area contributed by atoms with Crippen molar-refractivity contribution < 1.29 is 4.79 Å². The number of hydrogen-bond acceptors (Lipinski definition) is 1. The van der Waals surface area contributed by atoms with Crippen LogP contribution in [0.5, 0.6) is 0 Å². The highest BCUT2D eigenvalue weighted by Crippen LogP contribution is 2.20. The molecular weight excluding hydrogens is 228 g/mol. The molecule has 0 atom stereocenters. The molecule has 0 fully saturated rings. The number of benzene rings is 1. The van der Waals surface area contributed by atoms with Crippen LogP contribution in [0, 0.1) is 13.8 Å². The Labute approximate surface area is 87.3 Å². The summed E-state index contributed by atoms with van der Waals surface area (Å²) in [6, 6.07) is 4.09. The van der Waals surface area contributed by atoms with E-state index in [1.165, 1.54) is 11.1 Å². The van der Waals surface area contributed by atoms with Gasteiger partial charge in [-0.1, -0.05) is 15.9 Å². The van der Waals surface area contributed by atoms with Crippen molar-refractivity contribution in [2.45, 2.75) is 27.2 Å². The minimum Gasteiger partial charge on any atom is -0.300 e. The third-order valence-electron chi connectivity index (χ3n) is 2.18. The lowest BCUT2D eigenvalue weighted by molar-refractivity contribution is -0.116. The number of Topliss-reactive ketones (excluding diaryl/α,β-unsaturated/α-hetero) is 1. The van der Waals surface area contributed by atoms with E-state index in [2.05, 4.69) is 35.8 Å². The minimum atomic E-state index is 0.209. The molecule has 0 aliphatic carbocycles. The van der Waals surface area contributed by atoms with Crippen molar-refractivity contribution in [3.8, 4) is 0 Å². The molecule has 70 valence electrons. The van der Waals surface area contributed by atoms with Crippen LogP contribution in [0.15, 0.2) is 16.6 Å². The highest BCUT2D eigenvalue weighted by atomic mass is 79.9. The Morgan fingerprint density at radius 2 is 2.00 bits per heavy atom.